The van der Waals surface area contributed by atoms with Gasteiger partial charge >= 0.3 is 0 Å². The van der Waals surface area contributed by atoms with E-state index in [1.54, 1.807) is 48.5 Å². The summed E-state index contributed by atoms with van der Waals surface area (Å²) in [5.74, 6) is -2.16. The van der Waals surface area contributed by atoms with Crippen LogP contribution in [0.4, 0.5) is 15.2 Å². The van der Waals surface area contributed by atoms with Gasteiger partial charge in [0.05, 0.1) is 23.2 Å². The van der Waals surface area contributed by atoms with Crippen molar-refractivity contribution in [3.63, 3.8) is 0 Å². The molecule has 7 rings (SSSR count). The number of para-hydroxylation sites is 1. The van der Waals surface area contributed by atoms with Gasteiger partial charge in [-0.2, -0.15) is 0 Å². The number of hydrogen-bond acceptors (Lipinski definition) is 7. The Hall–Kier alpha value is -4.41. The average molecular weight is 573 g/mol. The Kier molecular flexibility index (Phi) is 5.42. The third-order valence-electron chi connectivity index (χ3n) is 7.29. The lowest BCUT2D eigenvalue weighted by molar-refractivity contribution is -0.121. The van der Waals surface area contributed by atoms with Gasteiger partial charge < -0.3 is 9.32 Å². The summed E-state index contributed by atoms with van der Waals surface area (Å²) in [6.45, 7) is 2.05. The van der Waals surface area contributed by atoms with E-state index in [0.717, 1.165) is 29.0 Å². The molecule has 8 nitrogen and oxygen atoms in total. The summed E-state index contributed by atoms with van der Waals surface area (Å²) in [6, 6.07) is 17.5. The highest BCUT2D eigenvalue weighted by atomic mass is 35.5. The molecule has 1 spiro atoms. The van der Waals surface area contributed by atoms with Crippen LogP contribution in [0.5, 0.6) is 0 Å². The number of nitrogens with zero attached hydrogens (tertiary/aromatic N) is 4. The maximum atomic E-state index is 14.8. The summed E-state index contributed by atoms with van der Waals surface area (Å²) in [7, 11) is 0. The lowest BCUT2D eigenvalue weighted by Gasteiger charge is -2.32. The molecule has 5 aromatic rings. The van der Waals surface area contributed by atoms with Crippen molar-refractivity contribution in [2.75, 3.05) is 9.80 Å². The van der Waals surface area contributed by atoms with E-state index in [1.807, 2.05) is 6.92 Å². The topological polar surface area (TPSA) is 96.6 Å². The second-order valence-electron chi connectivity index (χ2n) is 9.49. The monoisotopic (exact) mass is 572 g/mol. The number of halogens is 2. The quantitative estimate of drug-likeness (QED) is 0.284. The Morgan fingerprint density at radius 3 is 2.55 bits per heavy atom. The Bertz CT molecular complexity index is 1940. The molecule has 40 heavy (non-hydrogen) atoms. The minimum Gasteiger partial charge on any atom is -0.450 e. The van der Waals surface area contributed by atoms with Crippen LogP contribution >= 0.6 is 22.9 Å². The van der Waals surface area contributed by atoms with Crippen molar-refractivity contribution in [2.45, 2.75) is 25.4 Å². The summed E-state index contributed by atoms with van der Waals surface area (Å²) in [5, 5.41) is 9.70. The SMILES string of the molecule is CCc1nnc(N2C(=O)c3oc4ccc(F)cc4c(=O)c3C23C(=O)N(Cc2ccc(Cl)cc2)c2ccccc23)s1. The Morgan fingerprint density at radius 1 is 1.02 bits per heavy atom. The maximum Gasteiger partial charge on any atom is 0.297 e. The summed E-state index contributed by atoms with van der Waals surface area (Å²) < 4.78 is 20.3. The van der Waals surface area contributed by atoms with Crippen LogP contribution in [0.3, 0.4) is 0 Å². The molecule has 1 atom stereocenters. The lowest BCUT2D eigenvalue weighted by Crippen LogP contribution is -2.53. The zero-order valence-electron chi connectivity index (χ0n) is 20.9. The molecule has 3 aromatic carbocycles. The zero-order valence-corrected chi connectivity index (χ0v) is 22.4. The molecule has 11 heteroatoms. The van der Waals surface area contributed by atoms with Gasteiger partial charge in [0.1, 0.15) is 16.4 Å². The van der Waals surface area contributed by atoms with Crippen molar-refractivity contribution in [2.24, 2.45) is 0 Å². The average Bonchev–Trinajstić information content (AvgIpc) is 3.60. The Balaban J connectivity index is 1.55. The largest absolute Gasteiger partial charge is 0.450 e. The second kappa shape index (κ2) is 8.80. The molecule has 4 heterocycles. The van der Waals surface area contributed by atoms with E-state index in [9.17, 15) is 18.8 Å². The molecule has 2 aliphatic rings. The molecule has 0 fully saturated rings. The van der Waals surface area contributed by atoms with E-state index >= 15 is 0 Å². The number of fused-ring (bicyclic) bond motifs is 5. The summed E-state index contributed by atoms with van der Waals surface area (Å²) in [4.78, 5) is 45.8. The predicted molar refractivity (Wildman–Crippen MR) is 148 cm³/mol. The van der Waals surface area contributed by atoms with Crippen LogP contribution in [0.15, 0.2) is 75.9 Å². The normalized spacial score (nSPS) is 17.8. The van der Waals surface area contributed by atoms with Crippen LogP contribution in [0, 0.1) is 5.82 Å². The number of carbonyl (C=O) groups is 2. The molecule has 0 saturated heterocycles. The fraction of sp³-hybridized carbons (Fsp3) is 0.138. The van der Waals surface area contributed by atoms with E-state index in [1.165, 1.54) is 15.9 Å². The molecule has 1 unspecified atom stereocenters. The molecule has 0 N–H and O–H groups in total. The molecular formula is C29H18ClFN4O4S. The van der Waals surface area contributed by atoms with Crippen LogP contribution in [0.1, 0.15) is 39.2 Å². The number of rotatable bonds is 4. The van der Waals surface area contributed by atoms with Crippen LogP contribution in [-0.4, -0.2) is 22.0 Å². The number of benzene rings is 3. The van der Waals surface area contributed by atoms with Crippen LogP contribution in [0.2, 0.25) is 5.02 Å². The molecule has 0 bridgehead atoms. The minimum atomic E-state index is -1.93. The third-order valence-corrected chi connectivity index (χ3v) is 8.59. The predicted octanol–water partition coefficient (Wildman–Crippen LogP) is 5.45. The first-order valence-corrected chi connectivity index (χ1v) is 13.6. The molecule has 0 saturated carbocycles. The van der Waals surface area contributed by atoms with E-state index < -0.39 is 28.6 Å². The molecule has 198 valence electrons. The lowest BCUT2D eigenvalue weighted by atomic mass is 9.84. The van der Waals surface area contributed by atoms with Crippen molar-refractivity contribution in [3.8, 4) is 0 Å². The first-order chi connectivity index (χ1) is 19.3. The molecular weight excluding hydrogens is 555 g/mol. The number of aryl methyl sites for hydroxylation is 1. The van der Waals surface area contributed by atoms with Gasteiger partial charge in [0.2, 0.25) is 10.9 Å². The molecule has 2 aliphatic heterocycles. The van der Waals surface area contributed by atoms with E-state index in [0.29, 0.717) is 27.7 Å². The number of aromatic nitrogens is 2. The van der Waals surface area contributed by atoms with Crippen molar-refractivity contribution < 1.29 is 18.4 Å². The van der Waals surface area contributed by atoms with Gasteiger partial charge in [0, 0.05) is 10.6 Å². The smallest absolute Gasteiger partial charge is 0.297 e. The van der Waals surface area contributed by atoms with Gasteiger partial charge in [-0.25, -0.2) is 4.39 Å². The van der Waals surface area contributed by atoms with E-state index in [2.05, 4.69) is 10.2 Å². The fourth-order valence-electron chi connectivity index (χ4n) is 5.54. The first kappa shape index (κ1) is 24.6. The standard InChI is InChI=1S/C29H18ClFN4O4S/c1-2-22-32-33-28(40-22)35-26(37)25-23(24(36)18-13-17(31)11-12-21(18)39-25)29(35)19-5-3-4-6-20(19)34(27(29)38)14-15-7-9-16(30)10-8-15/h3-13H,2,14H2,1H3. The van der Waals surface area contributed by atoms with Crippen molar-refractivity contribution in [1.29, 1.82) is 0 Å². The Labute approximate surface area is 235 Å². The maximum absolute atomic E-state index is 14.8. The highest BCUT2D eigenvalue weighted by Gasteiger charge is 2.66. The molecule has 0 aliphatic carbocycles. The van der Waals surface area contributed by atoms with E-state index in [-0.39, 0.29) is 34.0 Å². The molecule has 0 radical (unpaired) electrons. The van der Waals surface area contributed by atoms with Gasteiger partial charge in [-0.15, -0.1) is 10.2 Å². The van der Waals surface area contributed by atoms with Gasteiger partial charge in [-0.05, 0) is 48.4 Å². The summed E-state index contributed by atoms with van der Waals surface area (Å²) >= 11 is 7.23. The second-order valence-corrected chi connectivity index (χ2v) is 11.0. The molecule has 2 amide bonds. The number of amides is 2. The summed E-state index contributed by atoms with van der Waals surface area (Å²) in [6.07, 6.45) is 0.563. The van der Waals surface area contributed by atoms with Gasteiger partial charge in [-0.3, -0.25) is 19.3 Å². The highest BCUT2D eigenvalue weighted by Crippen LogP contribution is 2.54. The van der Waals surface area contributed by atoms with Crippen molar-refractivity contribution >= 4 is 56.5 Å². The number of anilines is 2. The van der Waals surface area contributed by atoms with Crippen LogP contribution < -0.4 is 15.2 Å². The minimum absolute atomic E-state index is 0.0405. The van der Waals surface area contributed by atoms with Gasteiger partial charge in [0.15, 0.2) is 11.0 Å². The van der Waals surface area contributed by atoms with Gasteiger partial charge in [0.25, 0.3) is 11.8 Å². The van der Waals surface area contributed by atoms with Crippen LogP contribution in [-0.2, 0) is 23.3 Å². The highest BCUT2D eigenvalue weighted by molar-refractivity contribution is 7.15. The zero-order chi connectivity index (χ0) is 27.8. The third kappa shape index (κ3) is 3.26. The Morgan fingerprint density at radius 2 is 1.80 bits per heavy atom. The molecule has 2 aromatic heterocycles. The fourth-order valence-corrected chi connectivity index (χ4v) is 6.50. The van der Waals surface area contributed by atoms with Crippen molar-refractivity contribution in [3.05, 3.63) is 115 Å². The van der Waals surface area contributed by atoms with Crippen LogP contribution in [0.25, 0.3) is 11.0 Å². The van der Waals surface area contributed by atoms with E-state index in [4.69, 9.17) is 16.0 Å². The number of carbonyl (C=O) groups excluding carboxylic acids is 2. The summed E-state index contributed by atoms with van der Waals surface area (Å²) in [5.41, 5.74) is -0.995. The van der Waals surface area contributed by atoms with Crippen molar-refractivity contribution in [1.82, 2.24) is 10.2 Å². The van der Waals surface area contributed by atoms with Gasteiger partial charge in [-0.1, -0.05) is 60.2 Å². The first-order valence-electron chi connectivity index (χ1n) is 12.4. The number of hydrogen-bond donors (Lipinski definition) is 0.